The van der Waals surface area contributed by atoms with Crippen LogP contribution in [0, 0.1) is 17.3 Å². The Labute approximate surface area is 64.0 Å². The average Bonchev–Trinajstić information content (AvgIpc) is 1.91. The van der Waals surface area contributed by atoms with Crippen LogP contribution < -0.4 is 5.73 Å². The van der Waals surface area contributed by atoms with Crippen LogP contribution in [0.5, 0.6) is 0 Å². The number of rotatable bonds is 2. The summed E-state index contributed by atoms with van der Waals surface area (Å²) in [6, 6.07) is 0. The molecule has 0 aromatic heterocycles. The van der Waals surface area contributed by atoms with Crippen molar-refractivity contribution in [2.24, 2.45) is 23.0 Å². The lowest BCUT2D eigenvalue weighted by Gasteiger charge is -2.53. The first kappa shape index (κ1) is 8.06. The van der Waals surface area contributed by atoms with E-state index in [-0.39, 0.29) is 0 Å². The average molecular weight is 141 g/mol. The number of hydrogen-bond acceptors (Lipinski definition) is 1. The first-order valence-electron chi connectivity index (χ1n) is 4.37. The maximum absolute atomic E-state index is 5.76. The summed E-state index contributed by atoms with van der Waals surface area (Å²) < 4.78 is 0. The third kappa shape index (κ3) is 0.800. The highest BCUT2D eigenvalue weighted by Gasteiger charge is 2.47. The van der Waals surface area contributed by atoms with Gasteiger partial charge in [-0.05, 0) is 36.6 Å². The highest BCUT2D eigenvalue weighted by atomic mass is 14.7. The molecule has 2 atom stereocenters. The third-order valence-electron chi connectivity index (χ3n) is 3.71. The van der Waals surface area contributed by atoms with Crippen LogP contribution in [0.3, 0.4) is 0 Å². The van der Waals surface area contributed by atoms with Crippen molar-refractivity contribution in [1.29, 1.82) is 0 Å². The predicted octanol–water partition coefficient (Wildman–Crippen LogP) is 2.02. The first-order chi connectivity index (χ1) is 4.67. The Bertz CT molecular complexity index is 106. The molecule has 2 N–H and O–H groups in total. The Balaban J connectivity index is 2.61. The summed E-state index contributed by atoms with van der Waals surface area (Å²) >= 11 is 0. The van der Waals surface area contributed by atoms with Gasteiger partial charge >= 0.3 is 0 Å². The molecule has 0 heterocycles. The van der Waals surface area contributed by atoms with Gasteiger partial charge in [0.2, 0.25) is 0 Å². The maximum atomic E-state index is 5.76. The molecule has 0 bridgehead atoms. The van der Waals surface area contributed by atoms with Crippen molar-refractivity contribution < 1.29 is 0 Å². The Morgan fingerprint density at radius 2 is 1.90 bits per heavy atom. The fraction of sp³-hybridized carbons (Fsp3) is 1.00. The Morgan fingerprint density at radius 1 is 1.40 bits per heavy atom. The van der Waals surface area contributed by atoms with E-state index >= 15 is 0 Å². The molecule has 0 aromatic carbocycles. The van der Waals surface area contributed by atoms with E-state index in [0.29, 0.717) is 5.41 Å². The topological polar surface area (TPSA) is 26.0 Å². The van der Waals surface area contributed by atoms with E-state index in [1.807, 2.05) is 0 Å². The second kappa shape index (κ2) is 2.54. The van der Waals surface area contributed by atoms with Crippen molar-refractivity contribution in [1.82, 2.24) is 0 Å². The van der Waals surface area contributed by atoms with Crippen LogP contribution in [0.15, 0.2) is 0 Å². The van der Waals surface area contributed by atoms with Gasteiger partial charge in [-0.2, -0.15) is 0 Å². The monoisotopic (exact) mass is 141 g/mol. The van der Waals surface area contributed by atoms with E-state index in [4.69, 9.17) is 5.73 Å². The molecule has 2 unspecified atom stereocenters. The minimum absolute atomic E-state index is 0.500. The second-order valence-corrected chi connectivity index (χ2v) is 3.83. The zero-order chi connectivity index (χ0) is 7.78. The van der Waals surface area contributed by atoms with Gasteiger partial charge in [0.25, 0.3) is 0 Å². The van der Waals surface area contributed by atoms with Gasteiger partial charge in [0.15, 0.2) is 0 Å². The van der Waals surface area contributed by atoms with Gasteiger partial charge < -0.3 is 5.73 Å². The van der Waals surface area contributed by atoms with E-state index in [2.05, 4.69) is 20.8 Å². The van der Waals surface area contributed by atoms with Crippen LogP contribution in [-0.2, 0) is 0 Å². The molecule has 1 fully saturated rings. The van der Waals surface area contributed by atoms with Gasteiger partial charge in [0.05, 0.1) is 0 Å². The minimum atomic E-state index is 0.500. The van der Waals surface area contributed by atoms with Gasteiger partial charge in [0.1, 0.15) is 0 Å². The smallest absolute Gasteiger partial charge is 0.00155 e. The van der Waals surface area contributed by atoms with Gasteiger partial charge in [-0.15, -0.1) is 0 Å². The predicted molar refractivity (Wildman–Crippen MR) is 44.7 cm³/mol. The van der Waals surface area contributed by atoms with Gasteiger partial charge in [-0.1, -0.05) is 20.8 Å². The van der Waals surface area contributed by atoms with Crippen molar-refractivity contribution in [3.8, 4) is 0 Å². The molecule has 1 nitrogen and oxygen atoms in total. The Hall–Kier alpha value is -0.0400. The maximum Gasteiger partial charge on any atom is -0.00155 e. The molecule has 0 aliphatic heterocycles. The Morgan fingerprint density at radius 3 is 2.00 bits per heavy atom. The summed E-state index contributed by atoms with van der Waals surface area (Å²) in [6.45, 7) is 7.80. The summed E-state index contributed by atoms with van der Waals surface area (Å²) in [6.07, 6.45) is 2.64. The second-order valence-electron chi connectivity index (χ2n) is 3.83. The quantitative estimate of drug-likeness (QED) is 0.625. The van der Waals surface area contributed by atoms with Crippen molar-refractivity contribution in [2.45, 2.75) is 33.6 Å². The van der Waals surface area contributed by atoms with Crippen LogP contribution in [0.1, 0.15) is 33.6 Å². The molecule has 0 radical (unpaired) electrons. The summed E-state index contributed by atoms with van der Waals surface area (Å²) in [5, 5.41) is 0. The summed E-state index contributed by atoms with van der Waals surface area (Å²) in [5.74, 6) is 1.72. The van der Waals surface area contributed by atoms with E-state index in [1.165, 1.54) is 12.8 Å². The molecule has 1 rings (SSSR count). The fourth-order valence-electron chi connectivity index (χ4n) is 2.57. The molecule has 1 saturated carbocycles. The number of hydrogen-bond donors (Lipinski definition) is 1. The molecule has 0 amide bonds. The van der Waals surface area contributed by atoms with Crippen LogP contribution in [0.2, 0.25) is 0 Å². The minimum Gasteiger partial charge on any atom is -0.330 e. The molecule has 1 heteroatoms. The summed E-state index contributed by atoms with van der Waals surface area (Å²) in [4.78, 5) is 0. The third-order valence-corrected chi connectivity index (χ3v) is 3.71. The van der Waals surface area contributed by atoms with Crippen LogP contribution >= 0.6 is 0 Å². The van der Waals surface area contributed by atoms with Gasteiger partial charge in [-0.25, -0.2) is 0 Å². The molecule has 0 aromatic rings. The SMILES string of the molecule is CCC1(CN)C(C)CC1C. The normalized spacial score (nSPS) is 46.8. The standard InChI is InChI=1S/C9H19N/c1-4-9(6-10)7(2)5-8(9)3/h7-8H,4-6,10H2,1-3H3. The van der Waals surface area contributed by atoms with Crippen molar-refractivity contribution in [3.63, 3.8) is 0 Å². The highest BCUT2D eigenvalue weighted by molar-refractivity contribution is 4.98. The molecule has 0 saturated heterocycles. The van der Waals surface area contributed by atoms with Gasteiger partial charge in [0, 0.05) is 0 Å². The molecule has 1 aliphatic rings. The highest BCUT2D eigenvalue weighted by Crippen LogP contribution is 2.52. The van der Waals surface area contributed by atoms with Crippen LogP contribution in [-0.4, -0.2) is 6.54 Å². The molecular weight excluding hydrogens is 122 g/mol. The van der Waals surface area contributed by atoms with Crippen molar-refractivity contribution >= 4 is 0 Å². The van der Waals surface area contributed by atoms with Crippen molar-refractivity contribution in [2.75, 3.05) is 6.54 Å². The lowest BCUT2D eigenvalue weighted by molar-refractivity contribution is -0.0270. The number of nitrogens with two attached hydrogens (primary N) is 1. The lowest BCUT2D eigenvalue weighted by Crippen LogP contribution is -2.51. The largest absolute Gasteiger partial charge is 0.330 e. The van der Waals surface area contributed by atoms with Gasteiger partial charge in [-0.3, -0.25) is 0 Å². The zero-order valence-electron chi connectivity index (χ0n) is 7.35. The lowest BCUT2D eigenvalue weighted by atomic mass is 9.53. The van der Waals surface area contributed by atoms with E-state index in [1.54, 1.807) is 0 Å². The fourth-order valence-corrected chi connectivity index (χ4v) is 2.57. The van der Waals surface area contributed by atoms with Crippen molar-refractivity contribution in [3.05, 3.63) is 0 Å². The molecule has 10 heavy (non-hydrogen) atoms. The zero-order valence-corrected chi connectivity index (χ0v) is 7.35. The summed E-state index contributed by atoms with van der Waals surface area (Å²) in [5.41, 5.74) is 6.26. The van der Waals surface area contributed by atoms with E-state index in [0.717, 1.165) is 18.4 Å². The Kier molecular flexibility index (Phi) is 2.04. The molecule has 60 valence electrons. The summed E-state index contributed by atoms with van der Waals surface area (Å²) in [7, 11) is 0. The van der Waals surface area contributed by atoms with Crippen LogP contribution in [0.4, 0.5) is 0 Å². The molecule has 1 aliphatic carbocycles. The van der Waals surface area contributed by atoms with Crippen LogP contribution in [0.25, 0.3) is 0 Å². The first-order valence-corrected chi connectivity index (χ1v) is 4.37. The molecular formula is C9H19N. The van der Waals surface area contributed by atoms with E-state index in [9.17, 15) is 0 Å². The molecule has 0 spiro atoms. The van der Waals surface area contributed by atoms with E-state index < -0.39 is 0 Å².